The van der Waals surface area contributed by atoms with Gasteiger partial charge in [-0.15, -0.1) is 0 Å². The highest BCUT2D eigenvalue weighted by Gasteiger charge is 2.33. The largest absolute Gasteiger partial charge is 0.381 e. The zero-order chi connectivity index (χ0) is 25.5. The number of carbonyl (C=O) groups is 2. The summed E-state index contributed by atoms with van der Waals surface area (Å²) in [5, 5.41) is 12.8. The van der Waals surface area contributed by atoms with Gasteiger partial charge in [0.2, 0.25) is 11.8 Å². The van der Waals surface area contributed by atoms with Crippen molar-refractivity contribution >= 4 is 23.2 Å². The molecule has 8 nitrogen and oxygen atoms in total. The Morgan fingerprint density at radius 2 is 1.83 bits per heavy atom. The molecule has 2 aliphatic heterocycles. The first-order chi connectivity index (χ1) is 17.5. The molecule has 2 aromatic carbocycles. The molecule has 2 saturated heterocycles. The average Bonchev–Trinajstić information content (AvgIpc) is 3.46. The Hall–Kier alpha value is -3.41. The highest BCUT2D eigenvalue weighted by molar-refractivity contribution is 5.93. The molecule has 36 heavy (non-hydrogen) atoms. The van der Waals surface area contributed by atoms with Gasteiger partial charge in [0.05, 0.1) is 23.8 Å². The number of carbonyl (C=O) groups excluding carboxylic acids is 2. The van der Waals surface area contributed by atoms with Gasteiger partial charge in [-0.2, -0.15) is 5.26 Å². The van der Waals surface area contributed by atoms with Gasteiger partial charge >= 0.3 is 0 Å². The summed E-state index contributed by atoms with van der Waals surface area (Å²) in [7, 11) is 0. The number of piperazine rings is 1. The second-order valence-corrected chi connectivity index (χ2v) is 9.24. The van der Waals surface area contributed by atoms with Crippen molar-refractivity contribution < 1.29 is 14.3 Å². The molecule has 0 aliphatic carbocycles. The van der Waals surface area contributed by atoms with Gasteiger partial charge in [0.15, 0.2) is 0 Å². The van der Waals surface area contributed by atoms with Gasteiger partial charge in [-0.1, -0.05) is 30.3 Å². The number of ether oxygens (including phenoxy) is 1. The Labute approximate surface area is 213 Å². The SMILES string of the molecule is CCN(CC)C(=O)C(c1ccccc1)N1CCN(c2ccc(NC(=O)C3CCOC3)cc2C#N)CC1. The van der Waals surface area contributed by atoms with E-state index in [1.807, 2.05) is 61.2 Å². The van der Waals surface area contributed by atoms with Crippen molar-refractivity contribution in [3.05, 3.63) is 59.7 Å². The number of benzene rings is 2. The quantitative estimate of drug-likeness (QED) is 0.612. The van der Waals surface area contributed by atoms with Crippen LogP contribution in [-0.4, -0.2) is 74.1 Å². The summed E-state index contributed by atoms with van der Waals surface area (Å²) in [4.78, 5) is 32.2. The van der Waals surface area contributed by atoms with Crippen molar-refractivity contribution in [2.45, 2.75) is 26.3 Å². The maximum absolute atomic E-state index is 13.5. The van der Waals surface area contributed by atoms with Gasteiger partial charge in [-0.05, 0) is 44.0 Å². The molecule has 2 atom stereocenters. The van der Waals surface area contributed by atoms with Gasteiger partial charge in [0.1, 0.15) is 12.1 Å². The van der Waals surface area contributed by atoms with Crippen LogP contribution in [0.2, 0.25) is 0 Å². The molecule has 0 saturated carbocycles. The fourth-order valence-corrected chi connectivity index (χ4v) is 5.04. The number of hydrogen-bond acceptors (Lipinski definition) is 6. The third kappa shape index (κ3) is 5.69. The number of nitrogens with zero attached hydrogens (tertiary/aromatic N) is 4. The second-order valence-electron chi connectivity index (χ2n) is 9.24. The zero-order valence-corrected chi connectivity index (χ0v) is 21.2. The zero-order valence-electron chi connectivity index (χ0n) is 21.2. The van der Waals surface area contributed by atoms with E-state index in [-0.39, 0.29) is 23.8 Å². The van der Waals surface area contributed by atoms with Crippen LogP contribution < -0.4 is 10.2 Å². The first kappa shape index (κ1) is 25.7. The van der Waals surface area contributed by atoms with E-state index in [0.717, 1.165) is 17.7 Å². The maximum Gasteiger partial charge on any atom is 0.244 e. The van der Waals surface area contributed by atoms with E-state index in [0.29, 0.717) is 63.7 Å². The minimum Gasteiger partial charge on any atom is -0.381 e. The first-order valence-corrected chi connectivity index (χ1v) is 12.8. The number of anilines is 2. The molecule has 0 radical (unpaired) electrons. The van der Waals surface area contributed by atoms with Gasteiger partial charge in [-0.25, -0.2) is 0 Å². The first-order valence-electron chi connectivity index (χ1n) is 12.8. The average molecular weight is 490 g/mol. The fraction of sp³-hybridized carbons (Fsp3) is 0.464. The summed E-state index contributed by atoms with van der Waals surface area (Å²) in [6, 6.07) is 17.5. The minimum absolute atomic E-state index is 0.0671. The third-order valence-corrected chi connectivity index (χ3v) is 7.13. The normalized spacial score (nSPS) is 18.9. The molecule has 2 heterocycles. The van der Waals surface area contributed by atoms with Crippen molar-refractivity contribution in [3.8, 4) is 6.07 Å². The van der Waals surface area contributed by atoms with Crippen LogP contribution in [0.5, 0.6) is 0 Å². The van der Waals surface area contributed by atoms with E-state index >= 15 is 0 Å². The van der Waals surface area contributed by atoms with Crippen LogP contribution >= 0.6 is 0 Å². The Morgan fingerprint density at radius 3 is 2.44 bits per heavy atom. The van der Waals surface area contributed by atoms with Crippen LogP contribution in [0.3, 0.4) is 0 Å². The van der Waals surface area contributed by atoms with Gasteiger partial charge < -0.3 is 19.9 Å². The van der Waals surface area contributed by atoms with E-state index in [1.54, 1.807) is 6.07 Å². The van der Waals surface area contributed by atoms with Crippen LogP contribution in [0, 0.1) is 17.2 Å². The van der Waals surface area contributed by atoms with Crippen LogP contribution in [0.15, 0.2) is 48.5 Å². The number of likely N-dealkylation sites (N-methyl/N-ethyl adjacent to an activating group) is 1. The summed E-state index contributed by atoms with van der Waals surface area (Å²) in [6.07, 6.45) is 0.722. The Kier molecular flexibility index (Phi) is 8.57. The van der Waals surface area contributed by atoms with E-state index < -0.39 is 0 Å². The van der Waals surface area contributed by atoms with E-state index in [9.17, 15) is 14.9 Å². The molecule has 2 aromatic rings. The van der Waals surface area contributed by atoms with Crippen LogP contribution in [-0.2, 0) is 14.3 Å². The van der Waals surface area contributed by atoms with Crippen LogP contribution in [0.1, 0.15) is 37.4 Å². The van der Waals surface area contributed by atoms with Crippen molar-refractivity contribution in [1.29, 1.82) is 5.26 Å². The molecule has 190 valence electrons. The van der Waals surface area contributed by atoms with Gasteiger partial charge in [0.25, 0.3) is 0 Å². The highest BCUT2D eigenvalue weighted by Crippen LogP contribution is 2.29. The van der Waals surface area contributed by atoms with Crippen LogP contribution in [0.4, 0.5) is 11.4 Å². The second kappa shape index (κ2) is 12.0. The molecule has 4 rings (SSSR count). The Bertz CT molecular complexity index is 1080. The summed E-state index contributed by atoms with van der Waals surface area (Å²) in [5.41, 5.74) is 3.02. The predicted octanol–water partition coefficient (Wildman–Crippen LogP) is 3.26. The smallest absolute Gasteiger partial charge is 0.244 e. The Morgan fingerprint density at radius 1 is 1.11 bits per heavy atom. The molecule has 8 heteroatoms. The summed E-state index contributed by atoms with van der Waals surface area (Å²) >= 11 is 0. The minimum atomic E-state index is -0.319. The standard InChI is InChI=1S/C28H35N5O3/c1-3-31(4-2)28(35)26(21-8-6-5-7-9-21)33-15-13-32(14-16-33)25-11-10-24(18-23(25)19-29)30-27(34)22-12-17-36-20-22/h5-11,18,22,26H,3-4,12-17,20H2,1-2H3,(H,30,34). The lowest BCUT2D eigenvalue weighted by atomic mass is 10.0. The predicted molar refractivity (Wildman–Crippen MR) is 140 cm³/mol. The molecule has 2 unspecified atom stereocenters. The molecule has 0 bridgehead atoms. The monoisotopic (exact) mass is 489 g/mol. The molecular formula is C28H35N5O3. The van der Waals surface area contributed by atoms with Crippen molar-refractivity contribution in [3.63, 3.8) is 0 Å². The molecular weight excluding hydrogens is 454 g/mol. The number of rotatable bonds is 8. The maximum atomic E-state index is 13.5. The van der Waals surface area contributed by atoms with Crippen molar-refractivity contribution in [1.82, 2.24) is 9.80 Å². The van der Waals surface area contributed by atoms with Gasteiger partial charge in [0, 0.05) is 51.6 Å². The number of amides is 2. The number of nitriles is 1. The van der Waals surface area contributed by atoms with E-state index in [4.69, 9.17) is 4.74 Å². The molecule has 0 spiro atoms. The molecule has 2 fully saturated rings. The van der Waals surface area contributed by atoms with Crippen LogP contribution in [0.25, 0.3) is 0 Å². The fourth-order valence-electron chi connectivity index (χ4n) is 5.04. The lowest BCUT2D eigenvalue weighted by molar-refractivity contribution is -0.137. The molecule has 1 N–H and O–H groups in total. The molecule has 2 amide bonds. The molecule has 2 aliphatic rings. The van der Waals surface area contributed by atoms with Crippen molar-refractivity contribution in [2.24, 2.45) is 5.92 Å². The van der Waals surface area contributed by atoms with E-state index in [2.05, 4.69) is 21.2 Å². The van der Waals surface area contributed by atoms with Crippen molar-refractivity contribution in [2.75, 3.05) is 62.7 Å². The summed E-state index contributed by atoms with van der Waals surface area (Å²) in [5.74, 6) is -0.0763. The van der Waals surface area contributed by atoms with E-state index in [1.165, 1.54) is 0 Å². The summed E-state index contributed by atoms with van der Waals surface area (Å²) in [6.45, 7) is 9.26. The Balaban J connectivity index is 1.46. The van der Waals surface area contributed by atoms with Gasteiger partial charge in [-0.3, -0.25) is 14.5 Å². The molecule has 0 aromatic heterocycles. The third-order valence-electron chi connectivity index (χ3n) is 7.13. The lowest BCUT2D eigenvalue weighted by Crippen LogP contribution is -2.51. The highest BCUT2D eigenvalue weighted by atomic mass is 16.5. The lowest BCUT2D eigenvalue weighted by Gasteiger charge is -2.41. The summed E-state index contributed by atoms with van der Waals surface area (Å²) < 4.78 is 5.31. The topological polar surface area (TPSA) is 88.9 Å². The number of hydrogen-bond donors (Lipinski definition) is 1. The number of nitrogens with one attached hydrogen (secondary N) is 1.